The molecule has 0 atom stereocenters. The fourth-order valence-electron chi connectivity index (χ4n) is 2.83. The summed E-state index contributed by atoms with van der Waals surface area (Å²) in [5, 5.41) is 1.12. The molecule has 0 aliphatic carbocycles. The van der Waals surface area contributed by atoms with Crippen molar-refractivity contribution in [3.8, 4) is 16.8 Å². The van der Waals surface area contributed by atoms with Crippen LogP contribution in [-0.4, -0.2) is 14.5 Å². The second-order valence-electron chi connectivity index (χ2n) is 5.36. The summed E-state index contributed by atoms with van der Waals surface area (Å²) < 4.78 is 2.12. The number of hydrogen-bond donors (Lipinski definition) is 1. The van der Waals surface area contributed by atoms with Gasteiger partial charge >= 0.3 is 0 Å². The molecule has 3 aromatic heterocycles. The van der Waals surface area contributed by atoms with Gasteiger partial charge in [-0.3, -0.25) is 4.98 Å². The minimum atomic E-state index is 0.434. The van der Waals surface area contributed by atoms with Crippen LogP contribution in [-0.2, 0) is 6.54 Å². The smallest absolute Gasteiger partial charge is 0.145 e. The highest BCUT2D eigenvalue weighted by Gasteiger charge is 2.12. The average molecular weight is 300 g/mol. The summed E-state index contributed by atoms with van der Waals surface area (Å²) in [5.41, 5.74) is 10.9. The van der Waals surface area contributed by atoms with Gasteiger partial charge in [-0.2, -0.15) is 0 Å². The van der Waals surface area contributed by atoms with Gasteiger partial charge in [0.2, 0.25) is 0 Å². The molecular formula is C19H16N4. The van der Waals surface area contributed by atoms with Crippen molar-refractivity contribution in [3.05, 3.63) is 78.9 Å². The van der Waals surface area contributed by atoms with Gasteiger partial charge in [0.05, 0.1) is 5.69 Å². The average Bonchev–Trinajstić information content (AvgIpc) is 3.02. The van der Waals surface area contributed by atoms with E-state index in [0.29, 0.717) is 6.54 Å². The number of para-hydroxylation sites is 1. The first-order valence-corrected chi connectivity index (χ1v) is 7.53. The van der Waals surface area contributed by atoms with Crippen LogP contribution >= 0.6 is 0 Å². The van der Waals surface area contributed by atoms with E-state index in [9.17, 15) is 0 Å². The number of aromatic nitrogens is 3. The molecular weight excluding hydrogens is 284 g/mol. The van der Waals surface area contributed by atoms with Crippen LogP contribution in [0.5, 0.6) is 0 Å². The van der Waals surface area contributed by atoms with E-state index in [1.165, 1.54) is 0 Å². The number of benzene rings is 1. The van der Waals surface area contributed by atoms with Crippen LogP contribution in [0.2, 0.25) is 0 Å². The van der Waals surface area contributed by atoms with Gasteiger partial charge in [0.1, 0.15) is 5.65 Å². The van der Waals surface area contributed by atoms with Crippen LogP contribution in [0.25, 0.3) is 27.8 Å². The Balaban J connectivity index is 1.98. The maximum absolute atomic E-state index is 5.73. The lowest BCUT2D eigenvalue weighted by Crippen LogP contribution is -1.98. The highest BCUT2D eigenvalue weighted by atomic mass is 15.0. The van der Waals surface area contributed by atoms with Crippen molar-refractivity contribution in [2.24, 2.45) is 5.73 Å². The molecule has 0 saturated carbocycles. The van der Waals surface area contributed by atoms with E-state index in [1.807, 2.05) is 42.6 Å². The van der Waals surface area contributed by atoms with Gasteiger partial charge in [-0.05, 0) is 42.0 Å². The van der Waals surface area contributed by atoms with Crippen molar-refractivity contribution in [1.29, 1.82) is 0 Å². The summed E-state index contributed by atoms with van der Waals surface area (Å²) >= 11 is 0. The van der Waals surface area contributed by atoms with Crippen LogP contribution in [0.15, 0.2) is 73.2 Å². The van der Waals surface area contributed by atoms with E-state index in [2.05, 4.69) is 38.9 Å². The van der Waals surface area contributed by atoms with Crippen LogP contribution in [0.1, 0.15) is 5.69 Å². The lowest BCUT2D eigenvalue weighted by atomic mass is 10.1. The molecule has 23 heavy (non-hydrogen) atoms. The Hall–Kier alpha value is -2.98. The molecule has 4 nitrogen and oxygen atoms in total. The first-order chi connectivity index (χ1) is 11.4. The zero-order chi connectivity index (χ0) is 15.6. The predicted molar refractivity (Wildman–Crippen MR) is 92.2 cm³/mol. The van der Waals surface area contributed by atoms with Gasteiger partial charge in [0.25, 0.3) is 0 Å². The van der Waals surface area contributed by atoms with Crippen LogP contribution in [0.4, 0.5) is 0 Å². The van der Waals surface area contributed by atoms with Crippen LogP contribution in [0, 0.1) is 0 Å². The molecule has 3 heterocycles. The summed E-state index contributed by atoms with van der Waals surface area (Å²) in [5.74, 6) is 0. The molecule has 0 bridgehead atoms. The lowest BCUT2D eigenvalue weighted by molar-refractivity contribution is 0.991. The fourth-order valence-corrected chi connectivity index (χ4v) is 2.83. The molecule has 0 aliphatic rings. The van der Waals surface area contributed by atoms with Crippen molar-refractivity contribution in [1.82, 2.24) is 14.5 Å². The van der Waals surface area contributed by atoms with Gasteiger partial charge in [0, 0.05) is 41.8 Å². The number of nitrogens with zero attached hydrogens (tertiary/aromatic N) is 3. The normalized spacial score (nSPS) is 11.0. The van der Waals surface area contributed by atoms with Gasteiger partial charge in [-0.15, -0.1) is 0 Å². The first-order valence-electron chi connectivity index (χ1n) is 7.53. The van der Waals surface area contributed by atoms with E-state index in [0.717, 1.165) is 33.5 Å². The standard InChI is InChI=1S/C19H16N4/c20-12-15-11-14(8-10-21-15)18-13-23(16-5-2-1-3-6-16)19-17(18)7-4-9-22-19/h1-11,13H,12,20H2. The third-order valence-corrected chi connectivity index (χ3v) is 3.93. The number of nitrogens with two attached hydrogens (primary N) is 1. The van der Waals surface area contributed by atoms with E-state index < -0.39 is 0 Å². The number of hydrogen-bond acceptors (Lipinski definition) is 3. The molecule has 0 unspecified atom stereocenters. The molecule has 0 saturated heterocycles. The zero-order valence-corrected chi connectivity index (χ0v) is 12.6. The van der Waals surface area contributed by atoms with Gasteiger partial charge in [0.15, 0.2) is 0 Å². The Kier molecular flexibility index (Phi) is 3.37. The third kappa shape index (κ3) is 2.39. The molecule has 4 heteroatoms. The minimum absolute atomic E-state index is 0.434. The van der Waals surface area contributed by atoms with Crippen LogP contribution < -0.4 is 5.73 Å². The number of pyridine rings is 2. The molecule has 1 aromatic carbocycles. The van der Waals surface area contributed by atoms with Crippen molar-refractivity contribution < 1.29 is 0 Å². The molecule has 0 spiro atoms. The van der Waals surface area contributed by atoms with Gasteiger partial charge in [-0.25, -0.2) is 4.98 Å². The number of rotatable bonds is 3. The minimum Gasteiger partial charge on any atom is -0.325 e. The van der Waals surface area contributed by atoms with Crippen LogP contribution in [0.3, 0.4) is 0 Å². The maximum Gasteiger partial charge on any atom is 0.145 e. The summed E-state index contributed by atoms with van der Waals surface area (Å²) in [4.78, 5) is 8.85. The summed E-state index contributed by atoms with van der Waals surface area (Å²) in [6, 6.07) is 18.3. The highest BCUT2D eigenvalue weighted by Crippen LogP contribution is 2.31. The predicted octanol–water partition coefficient (Wildman–Crippen LogP) is 3.55. The van der Waals surface area contributed by atoms with Crippen molar-refractivity contribution >= 4 is 11.0 Å². The fraction of sp³-hybridized carbons (Fsp3) is 0.0526. The van der Waals surface area contributed by atoms with Gasteiger partial charge in [-0.1, -0.05) is 18.2 Å². The van der Waals surface area contributed by atoms with E-state index >= 15 is 0 Å². The van der Waals surface area contributed by atoms with Crippen molar-refractivity contribution in [2.45, 2.75) is 6.54 Å². The first kappa shape index (κ1) is 13.7. The molecule has 0 fully saturated rings. The Morgan fingerprint density at radius 2 is 1.78 bits per heavy atom. The molecule has 0 aliphatic heterocycles. The molecule has 112 valence electrons. The molecule has 4 rings (SSSR count). The molecule has 0 amide bonds. The van der Waals surface area contributed by atoms with E-state index in [1.54, 1.807) is 6.20 Å². The molecule has 0 radical (unpaired) electrons. The number of fused-ring (bicyclic) bond motifs is 1. The highest BCUT2D eigenvalue weighted by molar-refractivity contribution is 5.95. The Bertz CT molecular complexity index is 957. The Labute approximate surface area is 134 Å². The van der Waals surface area contributed by atoms with E-state index in [-0.39, 0.29) is 0 Å². The Morgan fingerprint density at radius 3 is 2.61 bits per heavy atom. The monoisotopic (exact) mass is 300 g/mol. The quantitative estimate of drug-likeness (QED) is 0.629. The third-order valence-electron chi connectivity index (χ3n) is 3.93. The SMILES string of the molecule is NCc1cc(-c2cn(-c3ccccc3)c3ncccc23)ccn1. The second kappa shape index (κ2) is 5.66. The summed E-state index contributed by atoms with van der Waals surface area (Å²) in [7, 11) is 0. The van der Waals surface area contributed by atoms with E-state index in [4.69, 9.17) is 5.73 Å². The Morgan fingerprint density at radius 1 is 0.913 bits per heavy atom. The topological polar surface area (TPSA) is 56.7 Å². The largest absolute Gasteiger partial charge is 0.325 e. The lowest BCUT2D eigenvalue weighted by Gasteiger charge is -2.03. The van der Waals surface area contributed by atoms with Crippen molar-refractivity contribution in [3.63, 3.8) is 0 Å². The zero-order valence-electron chi connectivity index (χ0n) is 12.6. The maximum atomic E-state index is 5.73. The van der Waals surface area contributed by atoms with Gasteiger partial charge < -0.3 is 10.3 Å². The molecule has 4 aromatic rings. The summed E-state index contributed by atoms with van der Waals surface area (Å²) in [6.45, 7) is 0.434. The second-order valence-corrected chi connectivity index (χ2v) is 5.36. The summed E-state index contributed by atoms with van der Waals surface area (Å²) in [6.07, 6.45) is 5.76. The van der Waals surface area contributed by atoms with Crippen molar-refractivity contribution in [2.75, 3.05) is 0 Å². The molecule has 2 N–H and O–H groups in total.